The van der Waals surface area contributed by atoms with Gasteiger partial charge in [-0.05, 0) is 30.9 Å². The number of cyclic esters (lactones) is 1. The van der Waals surface area contributed by atoms with Crippen molar-refractivity contribution in [1.82, 2.24) is 0 Å². The SMILES string of the molecule is CC(C[C@@H](C)c1ccc2c(c1)COC2=O)S(N)=O. The molecule has 0 saturated heterocycles. The van der Waals surface area contributed by atoms with E-state index in [2.05, 4.69) is 6.92 Å². The minimum Gasteiger partial charge on any atom is -0.457 e. The van der Waals surface area contributed by atoms with Gasteiger partial charge in [0.05, 0.1) is 16.5 Å². The Kier molecular flexibility index (Phi) is 3.82. The molecule has 2 N–H and O–H groups in total. The van der Waals surface area contributed by atoms with Crippen LogP contribution in [-0.4, -0.2) is 15.4 Å². The van der Waals surface area contributed by atoms with Crippen molar-refractivity contribution in [2.75, 3.05) is 0 Å². The number of carbonyl (C=O) groups is 1. The summed E-state index contributed by atoms with van der Waals surface area (Å²) in [5.41, 5.74) is 2.72. The first-order valence-corrected chi connectivity index (χ1v) is 7.21. The predicted octanol–water partition coefficient (Wildman–Crippen LogP) is 1.86. The number of fused-ring (bicyclic) bond motifs is 1. The molecule has 98 valence electrons. The molecule has 0 radical (unpaired) electrons. The molecule has 1 aromatic rings. The Bertz CT molecular complexity index is 501. The van der Waals surface area contributed by atoms with E-state index in [4.69, 9.17) is 9.88 Å². The zero-order valence-electron chi connectivity index (χ0n) is 10.5. The van der Waals surface area contributed by atoms with Crippen molar-refractivity contribution >= 4 is 17.0 Å². The van der Waals surface area contributed by atoms with Gasteiger partial charge >= 0.3 is 5.97 Å². The molecule has 4 nitrogen and oxygen atoms in total. The summed E-state index contributed by atoms with van der Waals surface area (Å²) in [5.74, 6) is 0.00846. The Morgan fingerprint density at radius 1 is 1.44 bits per heavy atom. The molecule has 0 bridgehead atoms. The summed E-state index contributed by atoms with van der Waals surface area (Å²) in [4.78, 5) is 11.3. The summed E-state index contributed by atoms with van der Waals surface area (Å²) in [6.07, 6.45) is 0.761. The third-order valence-corrected chi connectivity index (χ3v) is 4.34. The monoisotopic (exact) mass is 267 g/mol. The summed E-state index contributed by atoms with van der Waals surface area (Å²) >= 11 is 0. The smallest absolute Gasteiger partial charge is 0.338 e. The van der Waals surface area contributed by atoms with E-state index in [1.807, 2.05) is 19.1 Å². The maximum Gasteiger partial charge on any atom is 0.338 e. The van der Waals surface area contributed by atoms with Gasteiger partial charge in [0, 0.05) is 10.8 Å². The van der Waals surface area contributed by atoms with Crippen LogP contribution in [0, 0.1) is 0 Å². The Hall–Kier alpha value is -1.20. The highest BCUT2D eigenvalue weighted by molar-refractivity contribution is 7.83. The van der Waals surface area contributed by atoms with Gasteiger partial charge in [0.1, 0.15) is 6.61 Å². The molecule has 1 heterocycles. The van der Waals surface area contributed by atoms with Gasteiger partial charge in [0.2, 0.25) is 0 Å². The zero-order valence-corrected chi connectivity index (χ0v) is 11.3. The topological polar surface area (TPSA) is 69.4 Å². The van der Waals surface area contributed by atoms with Crippen LogP contribution < -0.4 is 5.14 Å². The van der Waals surface area contributed by atoms with Crippen LogP contribution in [0.5, 0.6) is 0 Å². The fraction of sp³-hybridized carbons (Fsp3) is 0.462. The number of carbonyl (C=O) groups excluding carboxylic acids is 1. The summed E-state index contributed by atoms with van der Waals surface area (Å²) in [5, 5.41) is 5.34. The average Bonchev–Trinajstić information content (AvgIpc) is 2.70. The molecule has 2 unspecified atom stereocenters. The lowest BCUT2D eigenvalue weighted by Crippen LogP contribution is -2.20. The van der Waals surface area contributed by atoms with E-state index in [1.165, 1.54) is 0 Å². The Morgan fingerprint density at radius 3 is 2.83 bits per heavy atom. The highest BCUT2D eigenvalue weighted by Gasteiger charge is 2.22. The summed E-state index contributed by atoms with van der Waals surface area (Å²) in [7, 11) is -1.29. The fourth-order valence-corrected chi connectivity index (χ4v) is 2.67. The first-order chi connectivity index (χ1) is 8.49. The number of esters is 1. The van der Waals surface area contributed by atoms with Crippen LogP contribution in [0.4, 0.5) is 0 Å². The molecule has 0 amide bonds. The molecule has 1 aromatic carbocycles. The lowest BCUT2D eigenvalue weighted by Gasteiger charge is -2.16. The quantitative estimate of drug-likeness (QED) is 0.847. The lowest BCUT2D eigenvalue weighted by atomic mass is 9.93. The summed E-state index contributed by atoms with van der Waals surface area (Å²) in [6.45, 7) is 4.31. The van der Waals surface area contributed by atoms with Crippen LogP contribution in [0.3, 0.4) is 0 Å². The van der Waals surface area contributed by atoms with Crippen LogP contribution in [-0.2, 0) is 22.3 Å². The molecule has 0 fully saturated rings. The van der Waals surface area contributed by atoms with Gasteiger partial charge in [-0.25, -0.2) is 9.00 Å². The van der Waals surface area contributed by atoms with Crippen LogP contribution in [0.2, 0.25) is 0 Å². The van der Waals surface area contributed by atoms with Gasteiger partial charge in [-0.15, -0.1) is 0 Å². The molecule has 5 heteroatoms. The summed E-state index contributed by atoms with van der Waals surface area (Å²) < 4.78 is 16.1. The van der Waals surface area contributed by atoms with Gasteiger partial charge < -0.3 is 4.74 Å². The molecular weight excluding hydrogens is 250 g/mol. The van der Waals surface area contributed by atoms with E-state index >= 15 is 0 Å². The van der Waals surface area contributed by atoms with Gasteiger partial charge in [-0.3, -0.25) is 5.14 Å². The number of benzene rings is 1. The molecular formula is C13H17NO3S. The van der Waals surface area contributed by atoms with E-state index < -0.39 is 11.0 Å². The van der Waals surface area contributed by atoms with Crippen molar-refractivity contribution in [2.24, 2.45) is 5.14 Å². The molecule has 2 rings (SSSR count). The summed E-state index contributed by atoms with van der Waals surface area (Å²) in [6, 6.07) is 5.74. The van der Waals surface area contributed by atoms with E-state index in [-0.39, 0.29) is 17.1 Å². The maximum atomic E-state index is 11.3. The molecule has 18 heavy (non-hydrogen) atoms. The normalized spacial score (nSPS) is 18.9. The van der Waals surface area contributed by atoms with E-state index in [9.17, 15) is 9.00 Å². The molecule has 0 aromatic heterocycles. The van der Waals surface area contributed by atoms with Crippen molar-refractivity contribution in [1.29, 1.82) is 0 Å². The number of nitrogens with two attached hydrogens (primary N) is 1. The van der Waals surface area contributed by atoms with E-state index in [0.717, 1.165) is 17.5 Å². The number of hydrogen-bond acceptors (Lipinski definition) is 3. The van der Waals surface area contributed by atoms with Crippen LogP contribution in [0.15, 0.2) is 18.2 Å². The maximum absolute atomic E-state index is 11.3. The molecule has 1 aliphatic rings. The minimum atomic E-state index is -1.29. The first kappa shape index (κ1) is 13.2. The number of hydrogen-bond donors (Lipinski definition) is 1. The Morgan fingerprint density at radius 2 is 2.17 bits per heavy atom. The van der Waals surface area contributed by atoms with Crippen molar-refractivity contribution in [3.8, 4) is 0 Å². The standard InChI is InChI=1S/C13H17NO3S/c1-8(5-9(2)18(14)16)10-3-4-12-11(6-10)7-17-13(12)15/h3-4,6,8-9H,5,7,14H2,1-2H3/t8-,9?,18?/m1/s1. The second-order valence-corrected chi connectivity index (χ2v) is 6.23. The van der Waals surface area contributed by atoms with Gasteiger partial charge in [0.25, 0.3) is 0 Å². The third kappa shape index (κ3) is 2.62. The molecule has 3 atom stereocenters. The third-order valence-electron chi connectivity index (χ3n) is 3.36. The second-order valence-electron chi connectivity index (χ2n) is 4.77. The average molecular weight is 267 g/mol. The van der Waals surface area contributed by atoms with Gasteiger partial charge in [0.15, 0.2) is 0 Å². The minimum absolute atomic E-state index is 0.0360. The largest absolute Gasteiger partial charge is 0.457 e. The number of rotatable bonds is 4. The molecule has 1 aliphatic heterocycles. The van der Waals surface area contributed by atoms with E-state index in [1.54, 1.807) is 6.07 Å². The zero-order chi connectivity index (χ0) is 13.3. The van der Waals surface area contributed by atoms with Crippen molar-refractivity contribution in [2.45, 2.75) is 38.0 Å². The Labute approximate surface area is 109 Å². The van der Waals surface area contributed by atoms with Crippen LogP contribution in [0.1, 0.15) is 47.7 Å². The second kappa shape index (κ2) is 5.20. The highest BCUT2D eigenvalue weighted by Crippen LogP contribution is 2.27. The molecule has 0 aliphatic carbocycles. The van der Waals surface area contributed by atoms with Crippen LogP contribution >= 0.6 is 0 Å². The predicted molar refractivity (Wildman–Crippen MR) is 70.4 cm³/mol. The molecule has 0 spiro atoms. The van der Waals surface area contributed by atoms with Crippen molar-refractivity contribution < 1.29 is 13.7 Å². The van der Waals surface area contributed by atoms with Crippen LogP contribution in [0.25, 0.3) is 0 Å². The van der Waals surface area contributed by atoms with E-state index in [0.29, 0.717) is 12.2 Å². The fourth-order valence-electron chi connectivity index (χ4n) is 2.19. The number of ether oxygens (including phenoxy) is 1. The first-order valence-electron chi connectivity index (χ1n) is 5.94. The van der Waals surface area contributed by atoms with Crippen molar-refractivity contribution in [3.05, 3.63) is 34.9 Å². The van der Waals surface area contributed by atoms with Gasteiger partial charge in [-0.1, -0.05) is 19.1 Å². The van der Waals surface area contributed by atoms with Gasteiger partial charge in [-0.2, -0.15) is 0 Å². The lowest BCUT2D eigenvalue weighted by molar-refractivity contribution is 0.0535. The highest BCUT2D eigenvalue weighted by atomic mass is 32.2. The molecule has 0 saturated carbocycles. The van der Waals surface area contributed by atoms with Crippen molar-refractivity contribution in [3.63, 3.8) is 0 Å². The Balaban J connectivity index is 2.15.